The number of hydrogen-bond donors (Lipinski definition) is 0. The molecule has 6 heteroatoms. The van der Waals surface area contributed by atoms with Crippen molar-refractivity contribution >= 4 is 11.6 Å². The van der Waals surface area contributed by atoms with Crippen LogP contribution in [0.25, 0.3) is 0 Å². The number of nitrogens with zero attached hydrogens (tertiary/aromatic N) is 2. The zero-order chi connectivity index (χ0) is 24.5. The summed E-state index contributed by atoms with van der Waals surface area (Å²) in [4.78, 5) is 20.6. The van der Waals surface area contributed by atoms with Gasteiger partial charge in [0.2, 0.25) is 5.91 Å². The number of carbonyl (C=O) groups excluding carboxylic acids is 1. The predicted molar refractivity (Wildman–Crippen MR) is 135 cm³/mol. The Kier molecular flexibility index (Phi) is 9.01. The van der Waals surface area contributed by atoms with E-state index in [1.165, 1.54) is 18.6 Å². The minimum absolute atomic E-state index is 0.0610. The van der Waals surface area contributed by atoms with E-state index in [1.54, 1.807) is 18.2 Å². The molecule has 5 nitrogen and oxygen atoms in total. The van der Waals surface area contributed by atoms with Crippen LogP contribution in [0.4, 0.5) is 10.1 Å². The largest absolute Gasteiger partial charge is 0.372 e. The van der Waals surface area contributed by atoms with Gasteiger partial charge in [-0.1, -0.05) is 72.8 Å². The number of benzene rings is 3. The van der Waals surface area contributed by atoms with Crippen LogP contribution >= 0.6 is 0 Å². The molecule has 3 aromatic carbocycles. The molecular formula is C29H33FN2O3. The van der Waals surface area contributed by atoms with E-state index >= 15 is 0 Å². The molecule has 1 saturated heterocycles. The lowest BCUT2D eigenvalue weighted by Gasteiger charge is -2.39. The normalized spacial score (nSPS) is 18.3. The predicted octanol–water partition coefficient (Wildman–Crippen LogP) is 5.26. The third-order valence-corrected chi connectivity index (χ3v) is 6.42. The highest BCUT2D eigenvalue weighted by Gasteiger charge is 2.31. The van der Waals surface area contributed by atoms with E-state index in [2.05, 4.69) is 41.3 Å². The molecule has 0 saturated carbocycles. The van der Waals surface area contributed by atoms with E-state index < -0.39 is 5.82 Å². The third kappa shape index (κ3) is 7.21. The number of hydroxylamine groups is 1. The summed E-state index contributed by atoms with van der Waals surface area (Å²) in [5, 5.41) is 1.06. The van der Waals surface area contributed by atoms with Gasteiger partial charge in [-0.3, -0.25) is 9.63 Å². The summed E-state index contributed by atoms with van der Waals surface area (Å²) in [5.74, 6) is -0.771. The minimum atomic E-state index is -0.490. The number of piperidine rings is 1. The number of rotatable bonds is 10. The summed E-state index contributed by atoms with van der Waals surface area (Å²) in [6.07, 6.45) is 1.80. The van der Waals surface area contributed by atoms with Crippen molar-refractivity contribution in [3.63, 3.8) is 0 Å². The van der Waals surface area contributed by atoms with Crippen molar-refractivity contribution in [3.8, 4) is 0 Å². The monoisotopic (exact) mass is 476 g/mol. The Hall–Kier alpha value is -3.06. The fraction of sp³-hybridized carbons (Fsp3) is 0.345. The van der Waals surface area contributed by atoms with Gasteiger partial charge in [0, 0.05) is 25.9 Å². The molecule has 1 aliphatic heterocycles. The SMILES string of the molecule is CC(=O)N(OC[C@@H]1CCN(CCc2ccccc2)C[C@@H]1OCc1ccccc1)c1ccccc1F. The second-order valence-corrected chi connectivity index (χ2v) is 8.98. The first kappa shape index (κ1) is 25.0. The van der Waals surface area contributed by atoms with Gasteiger partial charge in [0.25, 0.3) is 0 Å². The van der Waals surface area contributed by atoms with E-state index in [4.69, 9.17) is 9.57 Å². The summed E-state index contributed by atoms with van der Waals surface area (Å²) in [6, 6.07) is 26.8. The van der Waals surface area contributed by atoms with Crippen molar-refractivity contribution in [2.45, 2.75) is 32.5 Å². The zero-order valence-corrected chi connectivity index (χ0v) is 20.2. The van der Waals surface area contributed by atoms with Crippen molar-refractivity contribution in [2.24, 2.45) is 5.92 Å². The summed E-state index contributed by atoms with van der Waals surface area (Å²) in [7, 11) is 0. The Morgan fingerprint density at radius 3 is 2.31 bits per heavy atom. The highest BCUT2D eigenvalue weighted by Crippen LogP contribution is 2.25. The number of para-hydroxylation sites is 1. The number of hydrogen-bond acceptors (Lipinski definition) is 4. The van der Waals surface area contributed by atoms with Crippen molar-refractivity contribution < 1.29 is 18.8 Å². The van der Waals surface area contributed by atoms with E-state index in [1.807, 2.05) is 24.3 Å². The van der Waals surface area contributed by atoms with Gasteiger partial charge in [0.15, 0.2) is 0 Å². The molecular weight excluding hydrogens is 443 g/mol. The fourth-order valence-electron chi connectivity index (χ4n) is 4.44. The molecule has 0 unspecified atom stereocenters. The highest BCUT2D eigenvalue weighted by molar-refractivity contribution is 5.89. The molecule has 1 amide bonds. The summed E-state index contributed by atoms with van der Waals surface area (Å²) >= 11 is 0. The van der Waals surface area contributed by atoms with Gasteiger partial charge >= 0.3 is 0 Å². The van der Waals surface area contributed by atoms with Gasteiger partial charge < -0.3 is 9.64 Å². The van der Waals surface area contributed by atoms with Crippen LogP contribution in [0.3, 0.4) is 0 Å². The number of halogens is 1. The van der Waals surface area contributed by atoms with Gasteiger partial charge in [0.1, 0.15) is 11.5 Å². The number of likely N-dealkylation sites (tertiary alicyclic amines) is 1. The summed E-state index contributed by atoms with van der Waals surface area (Å²) in [5.41, 5.74) is 2.56. The molecule has 4 rings (SSSR count). The standard InChI is InChI=1S/C29H33FN2O3/c1-23(33)32(28-15-9-8-14-27(28)30)35-22-26-17-19-31(18-16-24-10-4-2-5-11-24)20-29(26)34-21-25-12-6-3-7-13-25/h2-15,26,29H,16-22H2,1H3/t26-,29-/m0/s1. The smallest absolute Gasteiger partial charge is 0.247 e. The molecule has 2 atom stereocenters. The average Bonchev–Trinajstić information content (AvgIpc) is 2.89. The Morgan fingerprint density at radius 1 is 0.971 bits per heavy atom. The second kappa shape index (κ2) is 12.6. The second-order valence-electron chi connectivity index (χ2n) is 8.98. The van der Waals surface area contributed by atoms with Crippen molar-refractivity contribution in [3.05, 3.63) is 102 Å². The van der Waals surface area contributed by atoms with Gasteiger partial charge in [-0.2, -0.15) is 5.06 Å². The number of anilines is 1. The molecule has 0 spiro atoms. The van der Waals surface area contributed by atoms with Crippen LogP contribution in [0, 0.1) is 11.7 Å². The molecule has 0 N–H and O–H groups in total. The number of amides is 1. The Labute approximate surface area is 207 Å². The van der Waals surface area contributed by atoms with Crippen LogP contribution in [-0.2, 0) is 27.4 Å². The first-order chi connectivity index (χ1) is 17.1. The van der Waals surface area contributed by atoms with Gasteiger partial charge in [0.05, 0.1) is 19.3 Å². The Morgan fingerprint density at radius 2 is 1.63 bits per heavy atom. The van der Waals surface area contributed by atoms with E-state index in [0.717, 1.165) is 43.1 Å². The number of carbonyl (C=O) groups is 1. The molecule has 184 valence electrons. The van der Waals surface area contributed by atoms with Crippen LogP contribution in [-0.4, -0.2) is 43.2 Å². The van der Waals surface area contributed by atoms with E-state index in [9.17, 15) is 9.18 Å². The lowest BCUT2D eigenvalue weighted by molar-refractivity contribution is -0.127. The van der Waals surface area contributed by atoms with E-state index in [-0.39, 0.29) is 30.2 Å². The van der Waals surface area contributed by atoms with Gasteiger partial charge in [-0.05, 0) is 42.6 Å². The van der Waals surface area contributed by atoms with Gasteiger partial charge in [-0.25, -0.2) is 4.39 Å². The third-order valence-electron chi connectivity index (χ3n) is 6.42. The maximum atomic E-state index is 14.3. The lowest BCUT2D eigenvalue weighted by atomic mass is 9.94. The summed E-state index contributed by atoms with van der Waals surface area (Å²) < 4.78 is 20.7. The molecule has 1 aliphatic rings. The maximum Gasteiger partial charge on any atom is 0.247 e. The van der Waals surface area contributed by atoms with Crippen molar-refractivity contribution in [1.82, 2.24) is 4.90 Å². The molecule has 3 aromatic rings. The first-order valence-corrected chi connectivity index (χ1v) is 12.2. The van der Waals surface area contributed by atoms with Crippen molar-refractivity contribution in [1.29, 1.82) is 0 Å². The van der Waals surface area contributed by atoms with E-state index in [0.29, 0.717) is 6.61 Å². The lowest BCUT2D eigenvalue weighted by Crippen LogP contribution is -2.48. The molecule has 0 radical (unpaired) electrons. The van der Waals surface area contributed by atoms with Crippen LogP contribution < -0.4 is 5.06 Å². The van der Waals surface area contributed by atoms with Crippen LogP contribution in [0.15, 0.2) is 84.9 Å². The Balaban J connectivity index is 1.40. The highest BCUT2D eigenvalue weighted by atomic mass is 19.1. The quantitative estimate of drug-likeness (QED) is 0.375. The molecule has 0 aliphatic carbocycles. The molecule has 0 aromatic heterocycles. The first-order valence-electron chi connectivity index (χ1n) is 12.2. The molecule has 1 heterocycles. The maximum absolute atomic E-state index is 14.3. The molecule has 0 bridgehead atoms. The topological polar surface area (TPSA) is 42.0 Å². The van der Waals surface area contributed by atoms with Crippen molar-refractivity contribution in [2.75, 3.05) is 31.3 Å². The average molecular weight is 477 g/mol. The minimum Gasteiger partial charge on any atom is -0.372 e. The zero-order valence-electron chi connectivity index (χ0n) is 20.2. The fourth-order valence-corrected chi connectivity index (χ4v) is 4.44. The number of ether oxygens (including phenoxy) is 1. The molecule has 35 heavy (non-hydrogen) atoms. The summed E-state index contributed by atoms with van der Waals surface area (Å²) in [6.45, 7) is 4.83. The van der Waals surface area contributed by atoms with Crippen LogP contribution in [0.5, 0.6) is 0 Å². The van der Waals surface area contributed by atoms with Crippen LogP contribution in [0.1, 0.15) is 24.5 Å². The molecule has 1 fully saturated rings. The Bertz CT molecular complexity index is 1060. The van der Waals surface area contributed by atoms with Gasteiger partial charge in [-0.15, -0.1) is 0 Å². The van der Waals surface area contributed by atoms with Crippen LogP contribution in [0.2, 0.25) is 0 Å².